The zero-order chi connectivity index (χ0) is 25.1. The summed E-state index contributed by atoms with van der Waals surface area (Å²) in [6, 6.07) is 8.60. The van der Waals surface area contributed by atoms with Crippen molar-refractivity contribution in [3.05, 3.63) is 64.2 Å². The van der Waals surface area contributed by atoms with Gasteiger partial charge in [-0.25, -0.2) is 13.6 Å². The first kappa shape index (κ1) is 23.1. The molecule has 0 radical (unpaired) electrons. The van der Waals surface area contributed by atoms with Crippen molar-refractivity contribution in [2.24, 2.45) is 0 Å². The quantitative estimate of drug-likeness (QED) is 0.397. The van der Waals surface area contributed by atoms with Crippen LogP contribution in [-0.4, -0.2) is 42.6 Å². The van der Waals surface area contributed by atoms with E-state index in [4.69, 9.17) is 0 Å². The van der Waals surface area contributed by atoms with E-state index in [0.717, 1.165) is 10.5 Å². The molecule has 0 atom stereocenters. The number of hydrogen-bond donors (Lipinski definition) is 1. The molecule has 3 aromatic rings. The van der Waals surface area contributed by atoms with Gasteiger partial charge in [-0.3, -0.25) is 9.69 Å². The van der Waals surface area contributed by atoms with Crippen molar-refractivity contribution in [2.75, 3.05) is 0 Å². The molecule has 1 spiro atoms. The van der Waals surface area contributed by atoms with E-state index in [2.05, 4.69) is 10.2 Å². The Kier molecular flexibility index (Phi) is 5.27. The predicted molar refractivity (Wildman–Crippen MR) is 112 cm³/mol. The molecule has 1 aromatic heterocycles. The predicted octanol–water partition coefficient (Wildman–Crippen LogP) is 4.70. The number of imide groups is 1. The molecule has 13 heteroatoms. The highest BCUT2D eigenvalue weighted by Gasteiger charge is 2.64. The van der Waals surface area contributed by atoms with Crippen molar-refractivity contribution in [3.63, 3.8) is 0 Å². The Morgan fingerprint density at radius 2 is 1.71 bits per heavy atom. The number of carbonyl (C=O) groups is 2. The van der Waals surface area contributed by atoms with E-state index in [-0.39, 0.29) is 35.1 Å². The van der Waals surface area contributed by atoms with Crippen LogP contribution in [0.4, 0.5) is 26.7 Å². The van der Waals surface area contributed by atoms with Gasteiger partial charge in [0.2, 0.25) is 0 Å². The molecule has 0 unspecified atom stereocenters. The minimum atomic E-state index is -5.18. The van der Waals surface area contributed by atoms with Crippen LogP contribution in [-0.2, 0) is 24.1 Å². The lowest BCUT2D eigenvalue weighted by Crippen LogP contribution is -2.36. The minimum absolute atomic E-state index is 0.0818. The monoisotopic (exact) mass is 510 g/mol. The summed E-state index contributed by atoms with van der Waals surface area (Å²) < 4.78 is 67.5. The average molecular weight is 510 g/mol. The number of phenols is 1. The second kappa shape index (κ2) is 7.97. The summed E-state index contributed by atoms with van der Waals surface area (Å²) in [5.74, 6) is -5.86. The normalized spacial score (nSPS) is 17.1. The van der Waals surface area contributed by atoms with E-state index < -0.39 is 46.3 Å². The van der Waals surface area contributed by atoms with Gasteiger partial charge in [0.25, 0.3) is 5.91 Å². The van der Waals surface area contributed by atoms with Gasteiger partial charge in [0.1, 0.15) is 10.5 Å². The number of rotatable bonds is 5. The molecule has 0 bridgehead atoms. The standard InChI is InChI=1S/C22H15F5N4O3S/c23-15-12(8-13(22(25,26)27)16(24)17(15)32)18-29-28-14(35-18)10-31-20(34)30(19(33)21(31)6-7-21)9-11-4-2-1-3-5-11/h1-5,8,32H,6-7,9-10H2. The lowest BCUT2D eigenvalue weighted by molar-refractivity contribution is -0.140. The maximum absolute atomic E-state index is 14.4. The molecule has 35 heavy (non-hydrogen) atoms. The fourth-order valence-corrected chi connectivity index (χ4v) is 4.89. The molecule has 1 aliphatic heterocycles. The van der Waals surface area contributed by atoms with Gasteiger partial charge < -0.3 is 10.0 Å². The van der Waals surface area contributed by atoms with Crippen molar-refractivity contribution < 1.29 is 36.6 Å². The van der Waals surface area contributed by atoms with Gasteiger partial charge in [0, 0.05) is 0 Å². The van der Waals surface area contributed by atoms with Crippen LogP contribution >= 0.6 is 11.3 Å². The molecule has 2 aliphatic rings. The smallest absolute Gasteiger partial charge is 0.419 e. The molecule has 182 valence electrons. The molecule has 1 saturated carbocycles. The highest BCUT2D eigenvalue weighted by Crippen LogP contribution is 2.49. The number of nitrogens with zero attached hydrogens (tertiary/aromatic N) is 4. The number of carbonyl (C=O) groups excluding carboxylic acids is 2. The van der Waals surface area contributed by atoms with E-state index in [9.17, 15) is 36.6 Å². The zero-order valence-corrected chi connectivity index (χ0v) is 18.5. The molecular formula is C22H15F5N4O3S. The first-order chi connectivity index (χ1) is 16.5. The van der Waals surface area contributed by atoms with Crippen LogP contribution in [0.25, 0.3) is 10.6 Å². The Balaban J connectivity index is 1.42. The fraction of sp³-hybridized carbons (Fsp3) is 0.273. The van der Waals surface area contributed by atoms with Crippen LogP contribution in [0.2, 0.25) is 0 Å². The number of halogens is 5. The molecule has 5 rings (SSSR count). The number of aromatic hydroxyl groups is 1. The van der Waals surface area contributed by atoms with Crippen molar-refractivity contribution in [1.82, 2.24) is 20.0 Å². The Morgan fingerprint density at radius 1 is 1.03 bits per heavy atom. The summed E-state index contributed by atoms with van der Waals surface area (Å²) in [5.41, 5.74) is -2.88. The van der Waals surface area contributed by atoms with Crippen LogP contribution in [0.5, 0.6) is 5.75 Å². The number of amides is 3. The second-order valence-electron chi connectivity index (χ2n) is 8.22. The number of urea groups is 1. The second-order valence-corrected chi connectivity index (χ2v) is 9.29. The first-order valence-corrected chi connectivity index (χ1v) is 11.1. The van der Waals surface area contributed by atoms with Crippen LogP contribution in [0.1, 0.15) is 29.0 Å². The lowest BCUT2D eigenvalue weighted by Gasteiger charge is -2.19. The summed E-state index contributed by atoms with van der Waals surface area (Å²) in [5, 5.41) is 16.8. The minimum Gasteiger partial charge on any atom is -0.503 e. The number of phenolic OH excluding ortho intramolecular Hbond substituents is 1. The maximum Gasteiger partial charge on any atom is 0.419 e. The molecule has 2 aromatic carbocycles. The molecule has 1 N–H and O–H groups in total. The molecular weight excluding hydrogens is 495 g/mol. The van der Waals surface area contributed by atoms with E-state index in [0.29, 0.717) is 24.2 Å². The average Bonchev–Trinajstić information content (AvgIpc) is 3.45. The van der Waals surface area contributed by atoms with Crippen LogP contribution in [0.15, 0.2) is 36.4 Å². The Bertz CT molecular complexity index is 1340. The summed E-state index contributed by atoms with van der Waals surface area (Å²) in [4.78, 5) is 28.5. The van der Waals surface area contributed by atoms with E-state index in [1.165, 1.54) is 4.90 Å². The lowest BCUT2D eigenvalue weighted by atomic mass is 10.1. The molecule has 2 fully saturated rings. The third-order valence-corrected chi connectivity index (χ3v) is 6.94. The molecule has 1 saturated heterocycles. The summed E-state index contributed by atoms with van der Waals surface area (Å²) >= 11 is 0.671. The third kappa shape index (κ3) is 3.79. The van der Waals surface area contributed by atoms with Gasteiger partial charge >= 0.3 is 12.2 Å². The van der Waals surface area contributed by atoms with Gasteiger partial charge in [-0.05, 0) is 24.5 Å². The SMILES string of the molecule is O=C1N(Cc2ccccc2)C(=O)C2(CC2)N1Cc1nnc(-c2cc(C(F)(F)F)c(F)c(O)c2F)s1. The third-order valence-electron chi connectivity index (χ3n) is 6.00. The van der Waals surface area contributed by atoms with Crippen LogP contribution in [0, 0.1) is 11.6 Å². The number of hydrogen-bond acceptors (Lipinski definition) is 6. The molecule has 7 nitrogen and oxygen atoms in total. The fourth-order valence-electron chi connectivity index (χ4n) is 4.05. The van der Waals surface area contributed by atoms with Gasteiger partial charge in [-0.2, -0.15) is 13.2 Å². The van der Waals surface area contributed by atoms with Gasteiger partial charge in [-0.1, -0.05) is 41.7 Å². The summed E-state index contributed by atoms with van der Waals surface area (Å²) in [6.45, 7) is -0.0904. The van der Waals surface area contributed by atoms with E-state index in [1.807, 2.05) is 0 Å². The number of benzene rings is 2. The van der Waals surface area contributed by atoms with Gasteiger partial charge in [-0.15, -0.1) is 10.2 Å². The zero-order valence-electron chi connectivity index (χ0n) is 17.6. The topological polar surface area (TPSA) is 86.6 Å². The van der Waals surface area contributed by atoms with E-state index >= 15 is 0 Å². The highest BCUT2D eigenvalue weighted by molar-refractivity contribution is 7.14. The summed E-state index contributed by atoms with van der Waals surface area (Å²) in [7, 11) is 0. The van der Waals surface area contributed by atoms with Crippen molar-refractivity contribution in [1.29, 1.82) is 0 Å². The largest absolute Gasteiger partial charge is 0.503 e. The Morgan fingerprint density at radius 3 is 2.34 bits per heavy atom. The number of aromatic nitrogens is 2. The molecule has 1 aliphatic carbocycles. The maximum atomic E-state index is 14.4. The molecule has 2 heterocycles. The summed E-state index contributed by atoms with van der Waals surface area (Å²) in [6.07, 6.45) is -4.28. The highest BCUT2D eigenvalue weighted by atomic mass is 32.1. The Labute approximate surface area is 198 Å². The Hall–Kier alpha value is -3.61. The van der Waals surface area contributed by atoms with Crippen molar-refractivity contribution in [3.8, 4) is 16.3 Å². The van der Waals surface area contributed by atoms with Crippen LogP contribution in [0.3, 0.4) is 0 Å². The van der Waals surface area contributed by atoms with Gasteiger partial charge in [0.15, 0.2) is 22.4 Å². The molecule has 3 amide bonds. The van der Waals surface area contributed by atoms with Gasteiger partial charge in [0.05, 0.1) is 24.2 Å². The van der Waals surface area contributed by atoms with Crippen molar-refractivity contribution >= 4 is 23.3 Å². The number of alkyl halides is 3. The van der Waals surface area contributed by atoms with Crippen molar-refractivity contribution in [2.45, 2.75) is 37.6 Å². The first-order valence-electron chi connectivity index (χ1n) is 10.3. The van der Waals surface area contributed by atoms with Crippen LogP contribution < -0.4 is 0 Å². The van der Waals surface area contributed by atoms with E-state index in [1.54, 1.807) is 30.3 Å².